The minimum atomic E-state index is 0.0978. The maximum Gasteiger partial charge on any atom is 0.255 e. The predicted molar refractivity (Wildman–Crippen MR) is 76.5 cm³/mol. The van der Waals surface area contributed by atoms with Gasteiger partial charge in [0.05, 0.1) is 5.56 Å². The number of piperidine rings is 1. The Hall–Kier alpha value is -0.870. The maximum atomic E-state index is 12.4. The van der Waals surface area contributed by atoms with Crippen molar-refractivity contribution < 1.29 is 4.79 Å². The van der Waals surface area contributed by atoms with Crippen molar-refractivity contribution in [2.75, 3.05) is 13.1 Å². The molecular formula is C14H19BrN2O. The fourth-order valence-corrected chi connectivity index (χ4v) is 2.97. The van der Waals surface area contributed by atoms with Crippen LogP contribution in [0.25, 0.3) is 0 Å². The largest absolute Gasteiger partial charge is 0.338 e. The van der Waals surface area contributed by atoms with Crippen molar-refractivity contribution in [2.24, 2.45) is 11.7 Å². The van der Waals surface area contributed by atoms with Gasteiger partial charge < -0.3 is 10.6 Å². The molecule has 98 valence electrons. The summed E-state index contributed by atoms with van der Waals surface area (Å²) in [5, 5.41) is 0. The average Bonchev–Trinajstić information content (AvgIpc) is 2.32. The Morgan fingerprint density at radius 2 is 2.22 bits per heavy atom. The summed E-state index contributed by atoms with van der Waals surface area (Å²) in [7, 11) is 0. The number of carbonyl (C=O) groups is 1. The molecule has 0 aliphatic carbocycles. The SMILES string of the molecule is Cc1ccc(C(=O)N2CCC(N)C(C)C2)c(Br)c1. The molecule has 1 heterocycles. The lowest BCUT2D eigenvalue weighted by molar-refractivity contribution is 0.0663. The third-order valence-electron chi connectivity index (χ3n) is 3.61. The lowest BCUT2D eigenvalue weighted by atomic mass is 9.94. The third-order valence-corrected chi connectivity index (χ3v) is 4.27. The first-order chi connectivity index (χ1) is 8.49. The Bertz CT molecular complexity index is 461. The molecule has 1 aromatic carbocycles. The molecule has 0 radical (unpaired) electrons. The van der Waals surface area contributed by atoms with Gasteiger partial charge in [-0.05, 0) is 52.9 Å². The highest BCUT2D eigenvalue weighted by Gasteiger charge is 2.27. The van der Waals surface area contributed by atoms with Crippen molar-refractivity contribution in [3.05, 3.63) is 33.8 Å². The van der Waals surface area contributed by atoms with Crippen LogP contribution in [0.5, 0.6) is 0 Å². The molecule has 1 aromatic rings. The second kappa shape index (κ2) is 5.41. The molecule has 1 aliphatic heterocycles. The highest BCUT2D eigenvalue weighted by Crippen LogP contribution is 2.23. The van der Waals surface area contributed by atoms with E-state index < -0.39 is 0 Å². The molecule has 1 amide bonds. The molecule has 4 heteroatoms. The van der Waals surface area contributed by atoms with E-state index in [1.54, 1.807) is 0 Å². The summed E-state index contributed by atoms with van der Waals surface area (Å²) in [4.78, 5) is 14.3. The molecule has 2 N–H and O–H groups in total. The van der Waals surface area contributed by atoms with Gasteiger partial charge in [0.15, 0.2) is 0 Å². The minimum absolute atomic E-state index is 0.0978. The zero-order valence-electron chi connectivity index (χ0n) is 10.8. The molecule has 18 heavy (non-hydrogen) atoms. The van der Waals surface area contributed by atoms with Gasteiger partial charge in [-0.15, -0.1) is 0 Å². The van der Waals surface area contributed by atoms with E-state index in [1.807, 2.05) is 30.0 Å². The van der Waals surface area contributed by atoms with Crippen LogP contribution in [0.4, 0.5) is 0 Å². The molecule has 1 fully saturated rings. The summed E-state index contributed by atoms with van der Waals surface area (Å²) in [5.41, 5.74) is 7.87. The number of likely N-dealkylation sites (tertiary alicyclic amines) is 1. The van der Waals surface area contributed by atoms with Crippen LogP contribution >= 0.6 is 15.9 Å². The molecule has 2 rings (SSSR count). The highest BCUT2D eigenvalue weighted by atomic mass is 79.9. The molecule has 2 atom stereocenters. The normalized spacial score (nSPS) is 24.1. The number of halogens is 1. The third kappa shape index (κ3) is 2.75. The quantitative estimate of drug-likeness (QED) is 0.866. The summed E-state index contributed by atoms with van der Waals surface area (Å²) in [6.45, 7) is 5.63. The molecule has 1 aliphatic rings. The lowest BCUT2D eigenvalue weighted by Gasteiger charge is -2.35. The number of benzene rings is 1. The van der Waals surface area contributed by atoms with E-state index in [-0.39, 0.29) is 11.9 Å². The number of amides is 1. The Morgan fingerprint density at radius 1 is 1.50 bits per heavy atom. The molecule has 0 spiro atoms. The molecule has 0 saturated carbocycles. The van der Waals surface area contributed by atoms with Crippen molar-refractivity contribution in [3.8, 4) is 0 Å². The van der Waals surface area contributed by atoms with Crippen LogP contribution in [0.1, 0.15) is 29.3 Å². The molecular weight excluding hydrogens is 292 g/mol. The van der Waals surface area contributed by atoms with E-state index in [0.717, 1.165) is 35.1 Å². The maximum absolute atomic E-state index is 12.4. The highest BCUT2D eigenvalue weighted by molar-refractivity contribution is 9.10. The number of nitrogens with two attached hydrogens (primary N) is 1. The smallest absolute Gasteiger partial charge is 0.255 e. The van der Waals surface area contributed by atoms with Crippen molar-refractivity contribution in [1.82, 2.24) is 4.90 Å². The minimum Gasteiger partial charge on any atom is -0.338 e. The first-order valence-electron chi connectivity index (χ1n) is 6.30. The Kier molecular flexibility index (Phi) is 4.07. The first-order valence-corrected chi connectivity index (χ1v) is 7.09. The van der Waals surface area contributed by atoms with Gasteiger partial charge in [0.25, 0.3) is 5.91 Å². The molecule has 0 aromatic heterocycles. The van der Waals surface area contributed by atoms with Gasteiger partial charge in [0, 0.05) is 23.6 Å². The fraction of sp³-hybridized carbons (Fsp3) is 0.500. The van der Waals surface area contributed by atoms with Gasteiger partial charge in [0.2, 0.25) is 0 Å². The summed E-state index contributed by atoms with van der Waals surface area (Å²) in [5.74, 6) is 0.465. The molecule has 2 unspecified atom stereocenters. The topological polar surface area (TPSA) is 46.3 Å². The Morgan fingerprint density at radius 3 is 2.83 bits per heavy atom. The fourth-order valence-electron chi connectivity index (χ4n) is 2.31. The van der Waals surface area contributed by atoms with Crippen LogP contribution in [0.2, 0.25) is 0 Å². The van der Waals surface area contributed by atoms with Crippen LogP contribution < -0.4 is 5.73 Å². The monoisotopic (exact) mass is 310 g/mol. The van der Waals surface area contributed by atoms with Gasteiger partial charge in [-0.2, -0.15) is 0 Å². The zero-order valence-corrected chi connectivity index (χ0v) is 12.4. The van der Waals surface area contributed by atoms with Crippen molar-refractivity contribution in [3.63, 3.8) is 0 Å². The number of hydrogen-bond acceptors (Lipinski definition) is 2. The van der Waals surface area contributed by atoms with E-state index >= 15 is 0 Å². The summed E-state index contributed by atoms with van der Waals surface area (Å²) in [6.07, 6.45) is 0.885. The van der Waals surface area contributed by atoms with Crippen molar-refractivity contribution in [2.45, 2.75) is 26.3 Å². The number of nitrogens with zero attached hydrogens (tertiary/aromatic N) is 1. The Labute approximate surface area is 116 Å². The van der Waals surface area contributed by atoms with Crippen molar-refractivity contribution >= 4 is 21.8 Å². The summed E-state index contributed by atoms with van der Waals surface area (Å²) < 4.78 is 0.870. The number of rotatable bonds is 1. The van der Waals surface area contributed by atoms with Gasteiger partial charge in [-0.3, -0.25) is 4.79 Å². The zero-order chi connectivity index (χ0) is 13.3. The molecule has 3 nitrogen and oxygen atoms in total. The van der Waals surface area contributed by atoms with Crippen LogP contribution in [-0.2, 0) is 0 Å². The van der Waals surface area contributed by atoms with Crippen LogP contribution in [0, 0.1) is 12.8 Å². The summed E-state index contributed by atoms with van der Waals surface area (Å²) >= 11 is 3.47. The van der Waals surface area contributed by atoms with Gasteiger partial charge >= 0.3 is 0 Å². The molecule has 0 bridgehead atoms. The number of aryl methyl sites for hydroxylation is 1. The van der Waals surface area contributed by atoms with Gasteiger partial charge in [0.1, 0.15) is 0 Å². The summed E-state index contributed by atoms with van der Waals surface area (Å²) in [6, 6.07) is 6.06. The van der Waals surface area contributed by atoms with Crippen LogP contribution in [0.3, 0.4) is 0 Å². The second-order valence-corrected chi connectivity index (χ2v) is 6.02. The van der Waals surface area contributed by atoms with Crippen LogP contribution in [-0.4, -0.2) is 29.9 Å². The second-order valence-electron chi connectivity index (χ2n) is 5.16. The molecule has 1 saturated heterocycles. The van der Waals surface area contributed by atoms with E-state index in [1.165, 1.54) is 0 Å². The van der Waals surface area contributed by atoms with E-state index in [4.69, 9.17) is 5.73 Å². The standard InChI is InChI=1S/C14H19BrN2O/c1-9-3-4-11(12(15)7-9)14(18)17-6-5-13(16)10(2)8-17/h3-4,7,10,13H,5-6,8,16H2,1-2H3. The van der Waals surface area contributed by atoms with E-state index in [0.29, 0.717) is 5.92 Å². The number of carbonyl (C=O) groups excluding carboxylic acids is 1. The van der Waals surface area contributed by atoms with E-state index in [2.05, 4.69) is 22.9 Å². The first kappa shape index (κ1) is 13.6. The van der Waals surface area contributed by atoms with E-state index in [9.17, 15) is 4.79 Å². The van der Waals surface area contributed by atoms with Gasteiger partial charge in [-0.25, -0.2) is 0 Å². The predicted octanol–water partition coefficient (Wildman–Crippen LogP) is 2.57. The lowest BCUT2D eigenvalue weighted by Crippen LogP contribution is -2.48. The number of hydrogen-bond donors (Lipinski definition) is 1. The van der Waals surface area contributed by atoms with Crippen molar-refractivity contribution in [1.29, 1.82) is 0 Å². The average molecular weight is 311 g/mol. The Balaban J connectivity index is 2.16. The van der Waals surface area contributed by atoms with Gasteiger partial charge in [-0.1, -0.05) is 13.0 Å². The van der Waals surface area contributed by atoms with Crippen LogP contribution in [0.15, 0.2) is 22.7 Å².